The lowest BCUT2D eigenvalue weighted by atomic mass is 9.32. The maximum Gasteiger partial charge on any atom is 0.252 e. The zero-order chi connectivity index (χ0) is 58.2. The van der Waals surface area contributed by atoms with Crippen molar-refractivity contribution in [1.82, 2.24) is 0 Å². The highest BCUT2D eigenvalue weighted by Gasteiger charge is 2.51. The fourth-order valence-electron chi connectivity index (χ4n) is 17.6. The van der Waals surface area contributed by atoms with Crippen molar-refractivity contribution in [3.05, 3.63) is 241 Å². The van der Waals surface area contributed by atoms with Gasteiger partial charge < -0.3 is 9.80 Å². The smallest absolute Gasteiger partial charge is 0.252 e. The van der Waals surface area contributed by atoms with Crippen LogP contribution in [0.25, 0.3) is 22.3 Å². The fourth-order valence-corrected chi connectivity index (χ4v) is 17.6. The zero-order valence-electron chi connectivity index (χ0n) is 52.4. The van der Waals surface area contributed by atoms with Gasteiger partial charge in [0.05, 0.1) is 0 Å². The van der Waals surface area contributed by atoms with Gasteiger partial charge in [-0.25, -0.2) is 0 Å². The topological polar surface area (TPSA) is 6.48 Å². The van der Waals surface area contributed by atoms with Crippen molar-refractivity contribution in [2.24, 2.45) is 0 Å². The number of aryl methyl sites for hydroxylation is 3. The largest absolute Gasteiger partial charge is 0.311 e. The van der Waals surface area contributed by atoms with E-state index in [9.17, 15) is 0 Å². The highest BCUT2D eigenvalue weighted by Crippen LogP contribution is 2.58. The van der Waals surface area contributed by atoms with E-state index in [0.29, 0.717) is 0 Å². The first kappa shape index (κ1) is 52.4. The Morgan fingerprint density at radius 3 is 1.33 bits per heavy atom. The summed E-state index contributed by atoms with van der Waals surface area (Å²) in [6.07, 6.45) is 2.33. The molecule has 2 nitrogen and oxygen atoms in total. The Morgan fingerprint density at radius 2 is 0.747 bits per heavy atom. The van der Waals surface area contributed by atoms with Crippen molar-refractivity contribution in [3.8, 4) is 22.3 Å². The Balaban J connectivity index is 1.12. The van der Waals surface area contributed by atoms with Gasteiger partial charge in [-0.2, -0.15) is 0 Å². The molecule has 0 fully saturated rings. The Bertz CT molecular complexity index is 4340. The summed E-state index contributed by atoms with van der Waals surface area (Å²) in [4.78, 5) is 5.51. The number of rotatable bonds is 3. The van der Waals surface area contributed by atoms with E-state index in [0.717, 1.165) is 6.42 Å². The molecule has 83 heavy (non-hydrogen) atoms. The van der Waals surface area contributed by atoms with Crippen molar-refractivity contribution in [2.45, 2.75) is 168 Å². The van der Waals surface area contributed by atoms with Crippen molar-refractivity contribution in [2.75, 3.05) is 9.80 Å². The van der Waals surface area contributed by atoms with Gasteiger partial charge in [0.25, 0.3) is 6.71 Å². The summed E-state index contributed by atoms with van der Waals surface area (Å²) in [6.45, 7) is 41.5. The first-order valence-corrected chi connectivity index (χ1v) is 31.0. The summed E-state index contributed by atoms with van der Waals surface area (Å²) in [5, 5.41) is 0. The molecule has 0 N–H and O–H groups in total. The van der Waals surface area contributed by atoms with Gasteiger partial charge in [-0.05, 0) is 209 Å². The monoisotopic (exact) mass is 1080 g/mol. The van der Waals surface area contributed by atoms with Crippen LogP contribution in [0, 0.1) is 20.8 Å². The molecule has 6 aliphatic rings. The van der Waals surface area contributed by atoms with E-state index in [2.05, 4.69) is 285 Å². The third kappa shape index (κ3) is 6.86. The minimum atomic E-state index is -0.260. The molecule has 0 aromatic heterocycles. The molecule has 0 atom stereocenters. The standard InChI is InChI=1S/C80H81BN2/c1-46-25-24-26-47(2)72(46)49-38-70-73-71(39-49)83(67-44-61-60(37-48(67)3)74(4,5)35-36-75(61,6)7)68-41-52-51-27-18-19-28-53(51)76(8,9)59(52)42-65(68)81(73)66-43-63-64(80(16,17)57-32-23-22-31-56(57)79(63,14)15)45-69(66)82(70)50-33-34-58-62(40-50)78(12,13)55-30-21-20-29-54(55)77(58,10)11/h18-34,37-45H,35-36H2,1-17H3. The first-order valence-electron chi connectivity index (χ1n) is 31.0. The molecule has 15 rings (SSSR count). The van der Waals surface area contributed by atoms with E-state index in [1.807, 2.05) is 0 Å². The molecule has 0 radical (unpaired) electrons. The third-order valence-corrected chi connectivity index (χ3v) is 22.6. The number of fused-ring (bicyclic) bond motifs is 12. The van der Waals surface area contributed by atoms with Gasteiger partial charge in [0, 0.05) is 61.2 Å². The molecule has 0 spiro atoms. The van der Waals surface area contributed by atoms with Crippen LogP contribution >= 0.6 is 0 Å². The Hall–Kier alpha value is -7.36. The molecule has 0 saturated carbocycles. The average Bonchev–Trinajstić information content (AvgIpc) is 1.43. The van der Waals surface area contributed by atoms with Gasteiger partial charge in [-0.3, -0.25) is 0 Å². The summed E-state index contributed by atoms with van der Waals surface area (Å²) in [7, 11) is 0. The molecular formula is C80H81BN2. The Morgan fingerprint density at radius 1 is 0.313 bits per heavy atom. The summed E-state index contributed by atoms with van der Waals surface area (Å²) in [5.41, 5.74) is 36.9. The number of hydrogen-bond acceptors (Lipinski definition) is 2. The lowest BCUT2D eigenvalue weighted by Gasteiger charge is -2.49. The van der Waals surface area contributed by atoms with E-state index >= 15 is 0 Å². The second-order valence-electron chi connectivity index (χ2n) is 30.2. The average molecular weight is 1080 g/mol. The van der Waals surface area contributed by atoms with Gasteiger partial charge >= 0.3 is 0 Å². The van der Waals surface area contributed by atoms with Crippen LogP contribution in [0.1, 0.15) is 193 Å². The summed E-state index contributed by atoms with van der Waals surface area (Å²) < 4.78 is 0. The number of anilines is 6. The summed E-state index contributed by atoms with van der Waals surface area (Å²) in [5.74, 6) is 0. The highest BCUT2D eigenvalue weighted by atomic mass is 15.2. The number of nitrogens with zero attached hydrogens (tertiary/aromatic N) is 2. The van der Waals surface area contributed by atoms with Gasteiger partial charge in [0.1, 0.15) is 0 Å². The Kier molecular flexibility index (Phi) is 10.6. The molecular weight excluding hydrogens is 1000 g/mol. The SMILES string of the molecule is Cc1cc2c(cc1N1c3cc4c(cc3B3c5cc6c(cc5N(c5ccc7c(c5)C(C)(C)c5ccccc5C7(C)C)c5cc(-c7c(C)cccc7C)cc1c53)C(C)(C)c1ccccc1C6(C)C)C(C)(C)c1ccccc1-4)C(C)(C)CCC2(C)C. The first-order chi connectivity index (χ1) is 39.2. The minimum Gasteiger partial charge on any atom is -0.311 e. The van der Waals surface area contributed by atoms with Gasteiger partial charge in [0.15, 0.2) is 0 Å². The normalized spacial score (nSPS) is 19.2. The molecule has 3 heteroatoms. The predicted octanol–water partition coefficient (Wildman–Crippen LogP) is 18.9. The molecule has 9 aromatic carbocycles. The van der Waals surface area contributed by atoms with E-state index in [4.69, 9.17) is 0 Å². The maximum atomic E-state index is 2.77. The van der Waals surface area contributed by atoms with Crippen LogP contribution in [0.5, 0.6) is 0 Å². The molecule has 0 unspecified atom stereocenters. The third-order valence-electron chi connectivity index (χ3n) is 22.6. The van der Waals surface area contributed by atoms with Gasteiger partial charge in [-0.1, -0.05) is 212 Å². The molecule has 2 heterocycles. The molecule has 0 saturated heterocycles. The molecule has 0 bridgehead atoms. The van der Waals surface area contributed by atoms with Crippen LogP contribution < -0.4 is 26.2 Å². The van der Waals surface area contributed by atoms with Crippen LogP contribution in [-0.4, -0.2) is 6.71 Å². The van der Waals surface area contributed by atoms with Crippen molar-refractivity contribution < 1.29 is 0 Å². The van der Waals surface area contributed by atoms with E-state index in [1.165, 1.54) is 163 Å². The van der Waals surface area contributed by atoms with Crippen molar-refractivity contribution in [3.63, 3.8) is 0 Å². The van der Waals surface area contributed by atoms with Gasteiger partial charge in [0.2, 0.25) is 0 Å². The zero-order valence-corrected chi connectivity index (χ0v) is 52.4. The molecule has 2 aliphatic heterocycles. The van der Waals surface area contributed by atoms with Crippen LogP contribution in [0.2, 0.25) is 0 Å². The Labute approximate surface area is 496 Å². The van der Waals surface area contributed by atoms with Crippen LogP contribution in [-0.2, 0) is 37.9 Å². The number of hydrogen-bond donors (Lipinski definition) is 0. The van der Waals surface area contributed by atoms with Crippen molar-refractivity contribution in [1.29, 1.82) is 0 Å². The minimum absolute atomic E-state index is 0.0121. The highest BCUT2D eigenvalue weighted by molar-refractivity contribution is 7.00. The summed E-state index contributed by atoms with van der Waals surface area (Å²) >= 11 is 0. The molecule has 9 aromatic rings. The van der Waals surface area contributed by atoms with E-state index < -0.39 is 0 Å². The van der Waals surface area contributed by atoms with Crippen LogP contribution in [0.4, 0.5) is 34.1 Å². The maximum absolute atomic E-state index is 2.77. The molecule has 414 valence electrons. The molecule has 4 aliphatic carbocycles. The van der Waals surface area contributed by atoms with Crippen molar-refractivity contribution >= 4 is 57.2 Å². The lowest BCUT2D eigenvalue weighted by Crippen LogP contribution is -2.62. The second kappa shape index (κ2) is 16.7. The summed E-state index contributed by atoms with van der Waals surface area (Å²) in [6, 6.07) is 63.4. The quantitative estimate of drug-likeness (QED) is 0.163. The lowest BCUT2D eigenvalue weighted by molar-refractivity contribution is 0.332. The fraction of sp³-hybridized carbons (Fsp3) is 0.325. The molecule has 0 amide bonds. The second-order valence-corrected chi connectivity index (χ2v) is 30.2. The predicted molar refractivity (Wildman–Crippen MR) is 354 cm³/mol. The number of benzene rings is 9. The van der Waals surface area contributed by atoms with Crippen LogP contribution in [0.15, 0.2) is 158 Å². The van der Waals surface area contributed by atoms with Crippen LogP contribution in [0.3, 0.4) is 0 Å². The van der Waals surface area contributed by atoms with E-state index in [1.54, 1.807) is 0 Å². The van der Waals surface area contributed by atoms with E-state index in [-0.39, 0.29) is 44.6 Å². The van der Waals surface area contributed by atoms with Gasteiger partial charge in [-0.15, -0.1) is 0 Å².